The van der Waals surface area contributed by atoms with Crippen molar-refractivity contribution in [1.82, 2.24) is 25.1 Å². The van der Waals surface area contributed by atoms with Crippen molar-refractivity contribution >= 4 is 28.8 Å². The van der Waals surface area contributed by atoms with Gasteiger partial charge in [-0.25, -0.2) is 4.98 Å². The zero-order chi connectivity index (χ0) is 24.9. The van der Waals surface area contributed by atoms with E-state index in [9.17, 15) is 0 Å². The average Bonchev–Trinajstić information content (AvgIpc) is 3.70. The number of hydrogen-bond acceptors (Lipinski definition) is 9. The minimum Gasteiger partial charge on any atom is -0.456 e. The second-order valence-corrected chi connectivity index (χ2v) is 9.39. The second kappa shape index (κ2) is 8.84. The summed E-state index contributed by atoms with van der Waals surface area (Å²) < 4.78 is 22.8. The summed E-state index contributed by atoms with van der Waals surface area (Å²) in [6.45, 7) is 1.17. The van der Waals surface area contributed by atoms with E-state index in [0.29, 0.717) is 47.0 Å². The number of nitrogens with zero attached hydrogens (tertiary/aromatic N) is 4. The van der Waals surface area contributed by atoms with Crippen LogP contribution in [0.2, 0.25) is 5.02 Å². The molecule has 5 heterocycles. The van der Waals surface area contributed by atoms with Crippen molar-refractivity contribution in [3.05, 3.63) is 59.6 Å². The van der Waals surface area contributed by atoms with E-state index in [2.05, 4.69) is 20.2 Å². The van der Waals surface area contributed by atoms with Crippen molar-refractivity contribution in [3.63, 3.8) is 0 Å². The van der Waals surface area contributed by atoms with Crippen molar-refractivity contribution in [1.29, 1.82) is 0 Å². The Balaban J connectivity index is 1.11. The predicted octanol–water partition coefficient (Wildman–Crippen LogP) is 4.51. The number of ether oxygens (including phenoxy) is 3. The number of nitrogens with two attached hydrogens (primary N) is 1. The van der Waals surface area contributed by atoms with Gasteiger partial charge in [-0.05, 0) is 35.7 Å². The van der Waals surface area contributed by atoms with E-state index >= 15 is 0 Å². The number of hydrogen-bond donors (Lipinski definition) is 2. The van der Waals surface area contributed by atoms with E-state index in [1.54, 1.807) is 0 Å². The second-order valence-electron chi connectivity index (χ2n) is 8.98. The Morgan fingerprint density at radius 1 is 0.919 bits per heavy atom. The maximum atomic E-state index is 6.60. The number of halogens is 1. The van der Waals surface area contributed by atoms with Gasteiger partial charge in [-0.2, -0.15) is 4.98 Å². The van der Waals surface area contributed by atoms with Crippen LogP contribution < -0.4 is 10.5 Å². The molecule has 0 amide bonds. The van der Waals surface area contributed by atoms with E-state index in [1.165, 1.54) is 0 Å². The van der Waals surface area contributed by atoms with Gasteiger partial charge in [0, 0.05) is 17.7 Å². The summed E-state index contributed by atoms with van der Waals surface area (Å²) in [7, 11) is 0. The van der Waals surface area contributed by atoms with Gasteiger partial charge in [-0.15, -0.1) is 5.10 Å². The third-order valence-electron chi connectivity index (χ3n) is 6.65. The molecule has 37 heavy (non-hydrogen) atoms. The molecule has 186 valence electrons. The van der Waals surface area contributed by atoms with E-state index in [4.69, 9.17) is 40.9 Å². The van der Waals surface area contributed by atoms with E-state index in [1.807, 2.05) is 54.6 Å². The Morgan fingerprint density at radius 2 is 1.65 bits per heavy atom. The van der Waals surface area contributed by atoms with Gasteiger partial charge < -0.3 is 29.3 Å². The molecule has 0 saturated carbocycles. The Hall–Kier alpha value is -3.99. The SMILES string of the molecule is Nc1nnc(-c2ccc(-c3ccc(-c4nc5nc(OC6CO[C@@H]7CCO[C@H]67)[nH]c5cc4Cl)cc3)cc2)o1. The summed E-state index contributed by atoms with van der Waals surface area (Å²) in [5.41, 5.74) is 11.1. The molecule has 0 bridgehead atoms. The molecule has 3 atom stereocenters. The van der Waals surface area contributed by atoms with Crippen molar-refractivity contribution in [3.8, 4) is 39.8 Å². The highest BCUT2D eigenvalue weighted by Gasteiger charge is 2.43. The number of imidazole rings is 1. The number of aromatic amines is 1. The number of nitrogens with one attached hydrogen (secondary N) is 1. The quantitative estimate of drug-likeness (QED) is 0.346. The fraction of sp³-hybridized carbons (Fsp3) is 0.231. The number of aromatic nitrogens is 5. The zero-order valence-corrected chi connectivity index (χ0v) is 20.2. The van der Waals surface area contributed by atoms with Crippen LogP contribution in [0.3, 0.4) is 0 Å². The van der Waals surface area contributed by atoms with Crippen LogP contribution in [0.4, 0.5) is 6.01 Å². The van der Waals surface area contributed by atoms with Crippen molar-refractivity contribution in [2.45, 2.75) is 24.7 Å². The molecule has 3 aromatic heterocycles. The molecule has 10 nitrogen and oxygen atoms in total. The predicted molar refractivity (Wildman–Crippen MR) is 136 cm³/mol. The summed E-state index contributed by atoms with van der Waals surface area (Å²) in [6.07, 6.45) is 0.729. The monoisotopic (exact) mass is 516 g/mol. The molecule has 7 rings (SSSR count). The highest BCUT2D eigenvalue weighted by Crippen LogP contribution is 2.33. The lowest BCUT2D eigenvalue weighted by Gasteiger charge is -2.15. The largest absolute Gasteiger partial charge is 0.456 e. The maximum Gasteiger partial charge on any atom is 0.313 e. The Morgan fingerprint density at radius 3 is 2.38 bits per heavy atom. The number of nitrogen functional groups attached to an aromatic ring is 1. The minimum absolute atomic E-state index is 0.0407. The first-order valence-corrected chi connectivity index (χ1v) is 12.2. The van der Waals surface area contributed by atoms with Crippen LogP contribution in [-0.2, 0) is 9.47 Å². The summed E-state index contributed by atoms with van der Waals surface area (Å²) in [5, 5.41) is 8.13. The maximum absolute atomic E-state index is 6.60. The minimum atomic E-state index is -0.199. The molecule has 1 unspecified atom stereocenters. The van der Waals surface area contributed by atoms with Gasteiger partial charge >= 0.3 is 6.01 Å². The first-order valence-electron chi connectivity index (χ1n) is 11.9. The summed E-state index contributed by atoms with van der Waals surface area (Å²) >= 11 is 6.60. The molecule has 0 radical (unpaired) electrons. The normalized spacial score (nSPS) is 20.9. The third kappa shape index (κ3) is 4.08. The molecule has 3 N–H and O–H groups in total. The average molecular weight is 517 g/mol. The lowest BCUT2D eigenvalue weighted by atomic mass is 10.0. The molecule has 5 aromatic rings. The smallest absolute Gasteiger partial charge is 0.313 e. The standard InChI is InChI=1S/C26H21ClN6O4/c27-17-11-18-23(31-26(29-18)36-20-12-35-19-9-10-34-22(19)20)30-21(17)15-5-1-13(2-6-15)14-3-7-16(8-4-14)24-32-33-25(28)37-24/h1-8,11,19-20,22H,9-10,12H2,(H2,28,33)(H,29,30,31)/t19-,20?,22+/m1/s1. The number of benzene rings is 2. The van der Waals surface area contributed by atoms with Crippen LogP contribution in [0.25, 0.3) is 45.0 Å². The summed E-state index contributed by atoms with van der Waals surface area (Å²) in [5.74, 6) is 0.384. The fourth-order valence-corrected chi connectivity index (χ4v) is 5.07. The molecule has 2 aliphatic heterocycles. The van der Waals surface area contributed by atoms with Crippen LogP contribution in [0.1, 0.15) is 6.42 Å². The molecule has 2 aliphatic rings. The highest BCUT2D eigenvalue weighted by molar-refractivity contribution is 6.33. The van der Waals surface area contributed by atoms with Crippen LogP contribution in [0.15, 0.2) is 59.0 Å². The highest BCUT2D eigenvalue weighted by atomic mass is 35.5. The van der Waals surface area contributed by atoms with E-state index < -0.39 is 0 Å². The number of H-pyrrole nitrogens is 1. The number of fused-ring (bicyclic) bond motifs is 2. The number of rotatable bonds is 5. The first kappa shape index (κ1) is 22.2. The fourth-order valence-electron chi connectivity index (χ4n) is 4.81. The van der Waals surface area contributed by atoms with Crippen LogP contribution >= 0.6 is 11.6 Å². The molecule has 2 aromatic carbocycles. The Kier molecular flexibility index (Phi) is 5.31. The van der Waals surface area contributed by atoms with Crippen molar-refractivity contribution in [2.75, 3.05) is 18.9 Å². The first-order chi connectivity index (χ1) is 18.1. The van der Waals surface area contributed by atoms with Gasteiger partial charge in [-0.1, -0.05) is 53.1 Å². The van der Waals surface area contributed by atoms with Gasteiger partial charge in [0.2, 0.25) is 5.89 Å². The van der Waals surface area contributed by atoms with Gasteiger partial charge in [0.1, 0.15) is 6.10 Å². The Bertz CT molecular complexity index is 1580. The summed E-state index contributed by atoms with van der Waals surface area (Å²) in [6, 6.07) is 18.1. The van der Waals surface area contributed by atoms with E-state index in [-0.39, 0.29) is 24.3 Å². The van der Waals surface area contributed by atoms with Crippen molar-refractivity contribution in [2.24, 2.45) is 0 Å². The van der Waals surface area contributed by atoms with Crippen molar-refractivity contribution < 1.29 is 18.6 Å². The van der Waals surface area contributed by atoms with Crippen LogP contribution in [0.5, 0.6) is 6.01 Å². The molecular formula is C26H21ClN6O4. The van der Waals surface area contributed by atoms with Gasteiger partial charge in [0.05, 0.1) is 28.9 Å². The number of anilines is 1. The van der Waals surface area contributed by atoms with Crippen LogP contribution in [0, 0.1) is 0 Å². The zero-order valence-electron chi connectivity index (χ0n) is 19.4. The molecule has 0 spiro atoms. The van der Waals surface area contributed by atoms with Gasteiger partial charge in [-0.3, -0.25) is 0 Å². The lowest BCUT2D eigenvalue weighted by molar-refractivity contribution is 0.0273. The van der Waals surface area contributed by atoms with Gasteiger partial charge in [0.15, 0.2) is 11.8 Å². The molecule has 11 heteroatoms. The topological polar surface area (TPSA) is 134 Å². The van der Waals surface area contributed by atoms with Crippen LogP contribution in [-0.4, -0.2) is 56.7 Å². The van der Waals surface area contributed by atoms with Gasteiger partial charge in [0.25, 0.3) is 6.01 Å². The molecular weight excluding hydrogens is 496 g/mol. The molecule has 2 fully saturated rings. The lowest BCUT2D eigenvalue weighted by Crippen LogP contribution is -2.32. The number of pyridine rings is 1. The molecule has 0 aliphatic carbocycles. The Labute approximate surface area is 215 Å². The van der Waals surface area contributed by atoms with E-state index in [0.717, 1.165) is 28.7 Å². The summed E-state index contributed by atoms with van der Waals surface area (Å²) in [4.78, 5) is 12.4. The molecule has 2 saturated heterocycles. The third-order valence-corrected chi connectivity index (χ3v) is 6.94.